The lowest BCUT2D eigenvalue weighted by atomic mass is 10.2. The third-order valence-corrected chi connectivity index (χ3v) is 2.85. The Kier molecular flexibility index (Phi) is 3.81. The Morgan fingerprint density at radius 2 is 2.11 bits per heavy atom. The van der Waals surface area contributed by atoms with E-state index in [-0.39, 0.29) is 0 Å². The second kappa shape index (κ2) is 5.52. The number of nitrogens with zero attached hydrogens (tertiary/aromatic N) is 3. The Morgan fingerprint density at radius 3 is 2.83 bits per heavy atom. The largest absolute Gasteiger partial charge is 0.368 e. The van der Waals surface area contributed by atoms with Gasteiger partial charge >= 0.3 is 0 Å². The number of rotatable bonds is 3. The lowest BCUT2D eigenvalue weighted by molar-refractivity contribution is 0.883. The Hall–Kier alpha value is -2.05. The standard InChI is InChI=1S/C14H12ClN3/c1-18(10-13-8-12(15)6-7-17-13)14-5-3-2-4-11(14)9-16/h2-8H,10H2,1H3. The van der Waals surface area contributed by atoms with Crippen molar-refractivity contribution >= 4 is 17.3 Å². The average Bonchev–Trinajstić information content (AvgIpc) is 2.38. The first kappa shape index (κ1) is 12.4. The highest BCUT2D eigenvalue weighted by Crippen LogP contribution is 2.20. The number of para-hydroxylation sites is 1. The summed E-state index contributed by atoms with van der Waals surface area (Å²) >= 11 is 5.92. The molecule has 1 aromatic heterocycles. The van der Waals surface area contributed by atoms with Gasteiger partial charge in [-0.3, -0.25) is 4.98 Å². The molecular formula is C14H12ClN3. The zero-order valence-corrected chi connectivity index (χ0v) is 10.7. The van der Waals surface area contributed by atoms with E-state index in [1.807, 2.05) is 36.2 Å². The summed E-state index contributed by atoms with van der Waals surface area (Å²) in [6.07, 6.45) is 1.68. The molecule has 90 valence electrons. The summed E-state index contributed by atoms with van der Waals surface area (Å²) < 4.78 is 0. The van der Waals surface area contributed by atoms with Crippen LogP contribution in [0.25, 0.3) is 0 Å². The summed E-state index contributed by atoms with van der Waals surface area (Å²) in [5.41, 5.74) is 2.42. The van der Waals surface area contributed by atoms with Gasteiger partial charge in [-0.05, 0) is 24.3 Å². The van der Waals surface area contributed by atoms with Gasteiger partial charge in [0.05, 0.1) is 23.5 Å². The van der Waals surface area contributed by atoms with Crippen LogP contribution in [0.3, 0.4) is 0 Å². The van der Waals surface area contributed by atoms with E-state index in [0.29, 0.717) is 17.1 Å². The lowest BCUT2D eigenvalue weighted by Crippen LogP contribution is -2.18. The molecule has 0 aliphatic carbocycles. The fourth-order valence-electron chi connectivity index (χ4n) is 1.76. The molecule has 3 nitrogen and oxygen atoms in total. The summed E-state index contributed by atoms with van der Waals surface area (Å²) in [6.45, 7) is 0.610. The van der Waals surface area contributed by atoms with E-state index in [1.54, 1.807) is 18.3 Å². The van der Waals surface area contributed by atoms with E-state index in [2.05, 4.69) is 11.1 Å². The molecule has 0 saturated heterocycles. The molecule has 2 rings (SSSR count). The summed E-state index contributed by atoms with van der Waals surface area (Å²) in [4.78, 5) is 6.23. The molecule has 0 bridgehead atoms. The summed E-state index contributed by atoms with van der Waals surface area (Å²) in [5.74, 6) is 0. The van der Waals surface area contributed by atoms with Crippen molar-refractivity contribution in [1.82, 2.24) is 4.98 Å². The molecule has 0 spiro atoms. The first-order chi connectivity index (χ1) is 8.70. The number of hydrogen-bond acceptors (Lipinski definition) is 3. The molecule has 0 atom stereocenters. The van der Waals surface area contributed by atoms with Crippen molar-refractivity contribution in [3.8, 4) is 6.07 Å². The Bertz CT molecular complexity index is 590. The molecule has 0 N–H and O–H groups in total. The monoisotopic (exact) mass is 257 g/mol. The molecule has 0 aliphatic rings. The molecule has 0 radical (unpaired) electrons. The minimum atomic E-state index is 0.610. The van der Waals surface area contributed by atoms with Crippen LogP contribution in [0.15, 0.2) is 42.6 Å². The van der Waals surface area contributed by atoms with Crippen LogP contribution in [0.2, 0.25) is 5.02 Å². The maximum Gasteiger partial charge on any atom is 0.101 e. The van der Waals surface area contributed by atoms with E-state index in [4.69, 9.17) is 16.9 Å². The van der Waals surface area contributed by atoms with E-state index in [1.165, 1.54) is 0 Å². The number of anilines is 1. The molecule has 0 fully saturated rings. The highest BCUT2D eigenvalue weighted by Gasteiger charge is 2.07. The van der Waals surface area contributed by atoms with E-state index < -0.39 is 0 Å². The fourth-order valence-corrected chi connectivity index (χ4v) is 1.95. The Morgan fingerprint density at radius 1 is 1.33 bits per heavy atom. The van der Waals surface area contributed by atoms with Crippen LogP contribution in [0.5, 0.6) is 0 Å². The second-order valence-electron chi connectivity index (χ2n) is 3.95. The van der Waals surface area contributed by atoms with Crippen molar-refractivity contribution in [2.24, 2.45) is 0 Å². The highest BCUT2D eigenvalue weighted by atomic mass is 35.5. The second-order valence-corrected chi connectivity index (χ2v) is 4.39. The predicted molar refractivity (Wildman–Crippen MR) is 72.5 cm³/mol. The van der Waals surface area contributed by atoms with Crippen molar-refractivity contribution < 1.29 is 0 Å². The third-order valence-electron chi connectivity index (χ3n) is 2.61. The van der Waals surface area contributed by atoms with Gasteiger partial charge in [-0.15, -0.1) is 0 Å². The smallest absolute Gasteiger partial charge is 0.101 e. The first-order valence-electron chi connectivity index (χ1n) is 5.51. The maximum absolute atomic E-state index is 9.06. The molecule has 1 aromatic carbocycles. The van der Waals surface area contributed by atoms with Crippen molar-refractivity contribution in [2.75, 3.05) is 11.9 Å². The van der Waals surface area contributed by atoms with E-state index in [0.717, 1.165) is 11.4 Å². The zero-order chi connectivity index (χ0) is 13.0. The quantitative estimate of drug-likeness (QED) is 0.847. The van der Waals surface area contributed by atoms with E-state index in [9.17, 15) is 0 Å². The van der Waals surface area contributed by atoms with Gasteiger partial charge in [0.2, 0.25) is 0 Å². The lowest BCUT2D eigenvalue weighted by Gasteiger charge is -2.19. The van der Waals surface area contributed by atoms with Crippen LogP contribution in [-0.4, -0.2) is 12.0 Å². The highest BCUT2D eigenvalue weighted by molar-refractivity contribution is 6.30. The van der Waals surface area contributed by atoms with Crippen LogP contribution in [0, 0.1) is 11.3 Å². The van der Waals surface area contributed by atoms with Crippen LogP contribution < -0.4 is 4.90 Å². The molecule has 1 heterocycles. The third kappa shape index (κ3) is 2.79. The molecular weight excluding hydrogens is 246 g/mol. The van der Waals surface area contributed by atoms with Crippen LogP contribution in [0.4, 0.5) is 5.69 Å². The van der Waals surface area contributed by atoms with Gasteiger partial charge in [0, 0.05) is 18.3 Å². The van der Waals surface area contributed by atoms with Crippen LogP contribution in [0.1, 0.15) is 11.3 Å². The van der Waals surface area contributed by atoms with Crippen LogP contribution >= 0.6 is 11.6 Å². The van der Waals surface area contributed by atoms with Crippen molar-refractivity contribution in [2.45, 2.75) is 6.54 Å². The fraction of sp³-hybridized carbons (Fsp3) is 0.143. The number of nitriles is 1. The van der Waals surface area contributed by atoms with Crippen molar-refractivity contribution in [3.63, 3.8) is 0 Å². The molecule has 0 unspecified atom stereocenters. The number of pyridine rings is 1. The molecule has 0 saturated carbocycles. The van der Waals surface area contributed by atoms with Gasteiger partial charge in [0.15, 0.2) is 0 Å². The number of hydrogen-bond donors (Lipinski definition) is 0. The van der Waals surface area contributed by atoms with Gasteiger partial charge in [0.25, 0.3) is 0 Å². The van der Waals surface area contributed by atoms with Gasteiger partial charge in [-0.2, -0.15) is 5.26 Å². The maximum atomic E-state index is 9.06. The van der Waals surface area contributed by atoms with Gasteiger partial charge in [-0.25, -0.2) is 0 Å². The van der Waals surface area contributed by atoms with Gasteiger partial charge in [0.1, 0.15) is 6.07 Å². The van der Waals surface area contributed by atoms with E-state index >= 15 is 0 Å². The summed E-state index contributed by atoms with van der Waals surface area (Å²) in [5, 5.41) is 9.73. The SMILES string of the molecule is CN(Cc1cc(Cl)ccn1)c1ccccc1C#N. The Balaban J connectivity index is 2.22. The predicted octanol–water partition coefficient (Wildman–Crippen LogP) is 3.24. The minimum absolute atomic E-state index is 0.610. The zero-order valence-electron chi connectivity index (χ0n) is 9.97. The first-order valence-corrected chi connectivity index (χ1v) is 5.89. The molecule has 0 amide bonds. The molecule has 4 heteroatoms. The van der Waals surface area contributed by atoms with Gasteiger partial charge in [-0.1, -0.05) is 23.7 Å². The molecule has 2 aromatic rings. The van der Waals surface area contributed by atoms with Gasteiger partial charge < -0.3 is 4.90 Å². The normalized spacial score (nSPS) is 9.83. The average molecular weight is 258 g/mol. The molecule has 18 heavy (non-hydrogen) atoms. The Labute approximate surface area is 111 Å². The minimum Gasteiger partial charge on any atom is -0.368 e. The summed E-state index contributed by atoms with van der Waals surface area (Å²) in [7, 11) is 1.93. The number of benzene rings is 1. The van der Waals surface area contributed by atoms with Crippen LogP contribution in [-0.2, 0) is 6.54 Å². The van der Waals surface area contributed by atoms with Crippen molar-refractivity contribution in [1.29, 1.82) is 5.26 Å². The molecule has 0 aliphatic heterocycles. The van der Waals surface area contributed by atoms with Crippen molar-refractivity contribution in [3.05, 3.63) is 58.9 Å². The number of aromatic nitrogens is 1. The topological polar surface area (TPSA) is 39.9 Å². The number of halogens is 1. The summed E-state index contributed by atoms with van der Waals surface area (Å²) in [6, 6.07) is 13.2.